The van der Waals surface area contributed by atoms with Gasteiger partial charge in [-0.3, -0.25) is 4.99 Å². The number of rotatable bonds is 8. The Balaban J connectivity index is 2.12. The highest BCUT2D eigenvalue weighted by atomic mass is 35.5. The van der Waals surface area contributed by atoms with Crippen LogP contribution < -0.4 is 14.3 Å². The minimum atomic E-state index is -0.0769. The summed E-state index contributed by atoms with van der Waals surface area (Å²) in [5.74, 6) is 0.477. The van der Waals surface area contributed by atoms with Gasteiger partial charge in [-0.25, -0.2) is 4.68 Å². The summed E-state index contributed by atoms with van der Waals surface area (Å²) in [6.07, 6.45) is 1.62. The first-order chi connectivity index (χ1) is 15.0. The standard InChI is InChI=1S/C21H21Cl2N3O4S/c1-28-7-6-24-21-26(17(12-31-21)15-10-14(22)4-5-16(15)23)25-11-13-8-18(29-2)20(27)19(9-13)30-3/h4-5,8-12,27H,6-7H2,1-3H3/b24-21?,25-11+. The number of benzene rings is 2. The van der Waals surface area contributed by atoms with Crippen molar-refractivity contribution < 1.29 is 19.3 Å². The molecule has 0 saturated heterocycles. The molecule has 31 heavy (non-hydrogen) atoms. The predicted molar refractivity (Wildman–Crippen MR) is 124 cm³/mol. The molecule has 1 heterocycles. The van der Waals surface area contributed by atoms with Crippen LogP contribution in [0.25, 0.3) is 11.3 Å². The third-order valence-electron chi connectivity index (χ3n) is 4.26. The van der Waals surface area contributed by atoms with Crippen LogP contribution in [0.1, 0.15) is 5.56 Å². The minimum Gasteiger partial charge on any atom is -0.502 e. The van der Waals surface area contributed by atoms with Crippen LogP contribution in [0.15, 0.2) is 45.8 Å². The van der Waals surface area contributed by atoms with E-state index in [2.05, 4.69) is 10.1 Å². The monoisotopic (exact) mass is 481 g/mol. The van der Waals surface area contributed by atoms with Crippen molar-refractivity contribution in [3.8, 4) is 28.5 Å². The zero-order valence-corrected chi connectivity index (χ0v) is 19.5. The van der Waals surface area contributed by atoms with E-state index < -0.39 is 0 Å². The summed E-state index contributed by atoms with van der Waals surface area (Å²) < 4.78 is 17.2. The first kappa shape index (κ1) is 23.1. The number of phenols is 1. The first-order valence-corrected chi connectivity index (χ1v) is 10.8. The number of aromatic nitrogens is 1. The van der Waals surface area contributed by atoms with Gasteiger partial charge in [0.15, 0.2) is 11.5 Å². The van der Waals surface area contributed by atoms with Gasteiger partial charge in [-0.15, -0.1) is 11.3 Å². The van der Waals surface area contributed by atoms with E-state index in [-0.39, 0.29) is 17.2 Å². The highest BCUT2D eigenvalue weighted by Crippen LogP contribution is 2.36. The average molecular weight is 482 g/mol. The molecule has 164 valence electrons. The number of methoxy groups -OCH3 is 3. The van der Waals surface area contributed by atoms with Gasteiger partial charge in [0, 0.05) is 28.6 Å². The lowest BCUT2D eigenvalue weighted by Gasteiger charge is -2.09. The molecule has 0 aliphatic carbocycles. The Labute approximate surface area is 193 Å². The molecule has 0 atom stereocenters. The summed E-state index contributed by atoms with van der Waals surface area (Å²) in [5.41, 5.74) is 2.13. The molecule has 10 heteroatoms. The van der Waals surface area contributed by atoms with Gasteiger partial charge in [-0.05, 0) is 30.3 Å². The topological polar surface area (TPSA) is 77.6 Å². The van der Waals surface area contributed by atoms with Gasteiger partial charge in [-0.1, -0.05) is 23.2 Å². The molecule has 0 unspecified atom stereocenters. The normalized spacial score (nSPS) is 12.0. The fourth-order valence-corrected chi connectivity index (χ4v) is 3.99. The molecule has 2 aromatic carbocycles. The Morgan fingerprint density at radius 2 is 1.81 bits per heavy atom. The van der Waals surface area contributed by atoms with Gasteiger partial charge in [-0.2, -0.15) is 5.10 Å². The van der Waals surface area contributed by atoms with Gasteiger partial charge in [0.05, 0.1) is 44.3 Å². The maximum Gasteiger partial charge on any atom is 0.206 e. The Kier molecular flexibility index (Phi) is 7.97. The molecular formula is C21H21Cl2N3O4S. The van der Waals surface area contributed by atoms with E-state index in [1.165, 1.54) is 25.6 Å². The van der Waals surface area contributed by atoms with Crippen molar-refractivity contribution in [2.45, 2.75) is 0 Å². The highest BCUT2D eigenvalue weighted by Gasteiger charge is 2.13. The molecule has 0 bridgehead atoms. The maximum absolute atomic E-state index is 10.1. The van der Waals surface area contributed by atoms with Crippen molar-refractivity contribution in [2.75, 3.05) is 34.5 Å². The van der Waals surface area contributed by atoms with Crippen LogP contribution in [0.4, 0.5) is 0 Å². The molecule has 0 aliphatic rings. The van der Waals surface area contributed by atoms with Gasteiger partial charge in [0.2, 0.25) is 10.6 Å². The fourth-order valence-electron chi connectivity index (χ4n) is 2.74. The van der Waals surface area contributed by atoms with Crippen molar-refractivity contribution in [2.24, 2.45) is 10.1 Å². The molecule has 0 saturated carbocycles. The highest BCUT2D eigenvalue weighted by molar-refractivity contribution is 7.07. The molecule has 0 spiro atoms. The van der Waals surface area contributed by atoms with Crippen molar-refractivity contribution in [3.63, 3.8) is 0 Å². The smallest absolute Gasteiger partial charge is 0.206 e. The van der Waals surface area contributed by atoms with Crippen molar-refractivity contribution in [3.05, 3.63) is 56.1 Å². The number of ether oxygens (including phenoxy) is 3. The third kappa shape index (κ3) is 5.40. The fraction of sp³-hybridized carbons (Fsp3) is 0.238. The summed E-state index contributed by atoms with van der Waals surface area (Å²) in [7, 11) is 4.56. The summed E-state index contributed by atoms with van der Waals surface area (Å²) in [5, 5.41) is 17.8. The summed E-state index contributed by atoms with van der Waals surface area (Å²) in [6, 6.07) is 8.56. The van der Waals surface area contributed by atoms with Gasteiger partial charge < -0.3 is 19.3 Å². The Morgan fingerprint density at radius 1 is 1.10 bits per heavy atom. The SMILES string of the molecule is COCCN=c1scc(-c2cc(Cl)ccc2Cl)n1/N=C/c1cc(OC)c(O)c(OC)c1. The van der Waals surface area contributed by atoms with Crippen LogP contribution in [-0.2, 0) is 4.74 Å². The van der Waals surface area contributed by atoms with Gasteiger partial charge >= 0.3 is 0 Å². The van der Waals surface area contributed by atoms with E-state index in [4.69, 9.17) is 37.4 Å². The molecule has 7 nitrogen and oxygen atoms in total. The molecule has 3 aromatic rings. The van der Waals surface area contributed by atoms with Crippen LogP contribution in [0.2, 0.25) is 10.0 Å². The zero-order chi connectivity index (χ0) is 22.4. The van der Waals surface area contributed by atoms with Crippen LogP contribution in [0.5, 0.6) is 17.2 Å². The number of halogens is 2. The lowest BCUT2D eigenvalue weighted by atomic mass is 10.2. The second-order valence-corrected chi connectivity index (χ2v) is 7.91. The zero-order valence-electron chi connectivity index (χ0n) is 17.1. The second-order valence-electron chi connectivity index (χ2n) is 6.23. The molecule has 1 N–H and O–H groups in total. The largest absolute Gasteiger partial charge is 0.502 e. The van der Waals surface area contributed by atoms with Crippen LogP contribution in [-0.4, -0.2) is 50.5 Å². The van der Waals surface area contributed by atoms with Gasteiger partial charge in [0.25, 0.3) is 0 Å². The predicted octanol–water partition coefficient (Wildman–Crippen LogP) is 4.68. The number of aromatic hydroxyl groups is 1. The third-order valence-corrected chi connectivity index (χ3v) is 5.68. The molecule has 1 aromatic heterocycles. The number of hydrogen-bond donors (Lipinski definition) is 1. The molecule has 3 rings (SSSR count). The van der Waals surface area contributed by atoms with Crippen molar-refractivity contribution in [1.82, 2.24) is 4.68 Å². The molecular weight excluding hydrogens is 461 g/mol. The maximum atomic E-state index is 10.1. The quantitative estimate of drug-likeness (QED) is 0.374. The van der Waals surface area contributed by atoms with E-state index in [1.807, 2.05) is 5.38 Å². The molecule has 0 fully saturated rings. The lowest BCUT2D eigenvalue weighted by molar-refractivity contribution is 0.207. The van der Waals surface area contributed by atoms with Crippen molar-refractivity contribution >= 4 is 40.8 Å². The molecule has 0 amide bonds. The first-order valence-electron chi connectivity index (χ1n) is 9.13. The number of nitrogens with zero attached hydrogens (tertiary/aromatic N) is 3. The number of thiazole rings is 1. The van der Waals surface area contributed by atoms with Crippen molar-refractivity contribution in [1.29, 1.82) is 0 Å². The average Bonchev–Trinajstić information content (AvgIpc) is 3.17. The van der Waals surface area contributed by atoms with E-state index in [0.717, 1.165) is 11.3 Å². The Morgan fingerprint density at radius 3 is 2.45 bits per heavy atom. The van der Waals surface area contributed by atoms with Crippen LogP contribution in [0, 0.1) is 0 Å². The number of phenolic OH excluding ortho intramolecular Hbond substituents is 1. The molecule has 0 radical (unpaired) electrons. The van der Waals surface area contributed by atoms with Crippen LogP contribution in [0.3, 0.4) is 0 Å². The van der Waals surface area contributed by atoms with E-state index in [9.17, 15) is 5.11 Å². The Hall–Kier alpha value is -2.52. The summed E-state index contributed by atoms with van der Waals surface area (Å²) in [6.45, 7) is 0.970. The number of hydrogen-bond acceptors (Lipinski definition) is 7. The minimum absolute atomic E-state index is 0.0769. The lowest BCUT2D eigenvalue weighted by Crippen LogP contribution is -2.14. The van der Waals surface area contributed by atoms with Crippen LogP contribution >= 0.6 is 34.5 Å². The summed E-state index contributed by atoms with van der Waals surface area (Å²) in [4.78, 5) is 5.23. The Bertz CT molecular complexity index is 1130. The summed E-state index contributed by atoms with van der Waals surface area (Å²) >= 11 is 14.0. The van der Waals surface area contributed by atoms with E-state index >= 15 is 0 Å². The second kappa shape index (κ2) is 10.7. The van der Waals surface area contributed by atoms with E-state index in [1.54, 1.807) is 48.3 Å². The molecule has 0 aliphatic heterocycles. The van der Waals surface area contributed by atoms with Gasteiger partial charge in [0.1, 0.15) is 0 Å². The van der Waals surface area contributed by atoms with E-state index in [0.29, 0.717) is 33.6 Å².